The number of pyridine rings is 1. The summed E-state index contributed by atoms with van der Waals surface area (Å²) in [5, 5.41) is 20.9. The number of aromatic nitrogens is 1. The summed E-state index contributed by atoms with van der Waals surface area (Å²) in [7, 11) is 0. The van der Waals surface area contributed by atoms with E-state index in [4.69, 9.17) is 16.7 Å². The van der Waals surface area contributed by atoms with Crippen molar-refractivity contribution in [3.63, 3.8) is 0 Å². The Hall–Kier alpha value is -1.33. The predicted molar refractivity (Wildman–Crippen MR) is 60.7 cm³/mol. The van der Waals surface area contributed by atoms with Gasteiger partial charge in [0, 0.05) is 5.56 Å². The molecule has 0 radical (unpaired) electrons. The maximum Gasteiger partial charge on any atom is 0.409 e. The van der Waals surface area contributed by atoms with Crippen LogP contribution in [0.3, 0.4) is 0 Å². The minimum Gasteiger partial charge on any atom is -0.465 e. The molecule has 0 aliphatic carbocycles. The van der Waals surface area contributed by atoms with Crippen LogP contribution in [0.4, 0.5) is 10.5 Å². The van der Waals surface area contributed by atoms with Crippen LogP contribution in [0.2, 0.25) is 5.15 Å². The van der Waals surface area contributed by atoms with Crippen molar-refractivity contribution >= 4 is 23.4 Å². The van der Waals surface area contributed by atoms with E-state index >= 15 is 0 Å². The van der Waals surface area contributed by atoms with Crippen LogP contribution in [0.1, 0.15) is 25.5 Å². The van der Waals surface area contributed by atoms with Crippen LogP contribution in [-0.4, -0.2) is 21.3 Å². The van der Waals surface area contributed by atoms with Crippen LogP contribution in [-0.2, 0) is 0 Å². The number of halogens is 1. The van der Waals surface area contributed by atoms with Gasteiger partial charge in [-0.2, -0.15) is 0 Å². The quantitative estimate of drug-likeness (QED) is 0.714. The van der Waals surface area contributed by atoms with E-state index in [1.807, 2.05) is 13.8 Å². The number of anilines is 1. The molecule has 0 fully saturated rings. The van der Waals surface area contributed by atoms with Gasteiger partial charge in [0.05, 0.1) is 18.0 Å². The minimum atomic E-state index is -1.21. The van der Waals surface area contributed by atoms with Crippen LogP contribution in [0.25, 0.3) is 0 Å². The molecule has 3 N–H and O–H groups in total. The largest absolute Gasteiger partial charge is 0.465 e. The van der Waals surface area contributed by atoms with Gasteiger partial charge in [0.1, 0.15) is 5.15 Å². The van der Waals surface area contributed by atoms with Crippen LogP contribution in [0, 0.1) is 5.92 Å². The van der Waals surface area contributed by atoms with Crippen LogP contribution >= 0.6 is 11.6 Å². The smallest absolute Gasteiger partial charge is 0.409 e. The number of carboxylic acid groups (broad SMARTS) is 1. The normalized spacial score (nSPS) is 12.6. The maximum absolute atomic E-state index is 10.5. The second-order valence-electron chi connectivity index (χ2n) is 3.71. The van der Waals surface area contributed by atoms with Gasteiger partial charge >= 0.3 is 6.09 Å². The Labute approximate surface area is 98.1 Å². The number of rotatable bonds is 3. The van der Waals surface area contributed by atoms with Gasteiger partial charge in [-0.3, -0.25) is 5.32 Å². The zero-order valence-electron chi connectivity index (χ0n) is 8.94. The topological polar surface area (TPSA) is 82.5 Å². The van der Waals surface area contributed by atoms with E-state index in [1.165, 1.54) is 12.3 Å². The first-order valence-corrected chi connectivity index (χ1v) is 5.13. The van der Waals surface area contributed by atoms with Gasteiger partial charge in [-0.1, -0.05) is 25.4 Å². The number of hydrogen-bond acceptors (Lipinski definition) is 3. The summed E-state index contributed by atoms with van der Waals surface area (Å²) >= 11 is 5.70. The molecule has 88 valence electrons. The molecule has 1 aromatic heterocycles. The number of nitrogens with zero attached hydrogens (tertiary/aromatic N) is 1. The number of aliphatic hydroxyl groups is 1. The molecular formula is C10H13ClN2O3. The Morgan fingerprint density at radius 2 is 2.19 bits per heavy atom. The summed E-state index contributed by atoms with van der Waals surface area (Å²) in [5.74, 6) is -0.0483. The Morgan fingerprint density at radius 3 is 2.69 bits per heavy atom. The van der Waals surface area contributed by atoms with E-state index in [9.17, 15) is 9.90 Å². The molecule has 0 bridgehead atoms. The highest BCUT2D eigenvalue weighted by Crippen LogP contribution is 2.29. The molecular weight excluding hydrogens is 232 g/mol. The average molecular weight is 245 g/mol. The summed E-state index contributed by atoms with van der Waals surface area (Å²) in [6, 6.07) is 1.46. The molecule has 0 saturated carbocycles. The van der Waals surface area contributed by atoms with Crippen molar-refractivity contribution in [3.8, 4) is 0 Å². The summed E-state index contributed by atoms with van der Waals surface area (Å²) in [5.41, 5.74) is 0.676. The highest BCUT2D eigenvalue weighted by molar-refractivity contribution is 6.29. The molecule has 16 heavy (non-hydrogen) atoms. The van der Waals surface area contributed by atoms with Gasteiger partial charge in [0.25, 0.3) is 0 Å². The van der Waals surface area contributed by atoms with E-state index in [-0.39, 0.29) is 16.8 Å². The number of nitrogens with one attached hydrogen (secondary N) is 1. The first-order chi connectivity index (χ1) is 7.41. The molecule has 1 rings (SSSR count). The average Bonchev–Trinajstić information content (AvgIpc) is 2.18. The van der Waals surface area contributed by atoms with Crippen molar-refractivity contribution in [1.29, 1.82) is 0 Å². The van der Waals surface area contributed by atoms with Gasteiger partial charge in [0.2, 0.25) is 0 Å². The number of aliphatic hydroxyl groups excluding tert-OH is 1. The second kappa shape index (κ2) is 5.14. The number of amides is 1. The Morgan fingerprint density at radius 1 is 1.56 bits per heavy atom. The molecule has 0 spiro atoms. The Balaban J connectivity index is 3.12. The Bertz CT molecular complexity index is 396. The summed E-state index contributed by atoms with van der Waals surface area (Å²) < 4.78 is 0. The van der Waals surface area contributed by atoms with E-state index in [0.717, 1.165) is 0 Å². The van der Waals surface area contributed by atoms with E-state index in [0.29, 0.717) is 5.56 Å². The minimum absolute atomic E-state index is 0.0483. The molecule has 0 aromatic carbocycles. The third-order valence-electron chi connectivity index (χ3n) is 2.09. The van der Waals surface area contributed by atoms with Crippen molar-refractivity contribution in [2.75, 3.05) is 5.32 Å². The SMILES string of the molecule is CC(C)C(O)c1cc(Cl)ncc1NC(=O)O. The van der Waals surface area contributed by atoms with E-state index in [1.54, 1.807) is 0 Å². The molecule has 1 atom stereocenters. The highest BCUT2D eigenvalue weighted by Gasteiger charge is 2.18. The summed E-state index contributed by atoms with van der Waals surface area (Å²) in [6.45, 7) is 3.65. The molecule has 0 aliphatic rings. The van der Waals surface area contributed by atoms with Crippen molar-refractivity contribution < 1.29 is 15.0 Å². The van der Waals surface area contributed by atoms with Crippen molar-refractivity contribution in [2.45, 2.75) is 20.0 Å². The van der Waals surface area contributed by atoms with Crippen LogP contribution in [0.5, 0.6) is 0 Å². The van der Waals surface area contributed by atoms with Crippen LogP contribution < -0.4 is 5.32 Å². The van der Waals surface area contributed by atoms with Crippen molar-refractivity contribution in [3.05, 3.63) is 23.0 Å². The third-order valence-corrected chi connectivity index (χ3v) is 2.30. The molecule has 1 unspecified atom stereocenters. The maximum atomic E-state index is 10.5. The zero-order valence-corrected chi connectivity index (χ0v) is 9.69. The standard InChI is InChI=1S/C10H13ClN2O3/c1-5(2)9(14)6-3-8(11)12-4-7(6)13-10(15)16/h3-5,9,13-14H,1-2H3,(H,15,16). The monoisotopic (exact) mass is 244 g/mol. The lowest BCUT2D eigenvalue weighted by Gasteiger charge is -2.18. The predicted octanol–water partition coefficient (Wildman–Crippen LogP) is 2.51. The first kappa shape index (κ1) is 12.7. The zero-order chi connectivity index (χ0) is 12.3. The lowest BCUT2D eigenvalue weighted by Crippen LogP contribution is -2.14. The fourth-order valence-corrected chi connectivity index (χ4v) is 1.43. The highest BCUT2D eigenvalue weighted by atomic mass is 35.5. The fraction of sp³-hybridized carbons (Fsp3) is 0.400. The molecule has 5 nitrogen and oxygen atoms in total. The molecule has 0 saturated heterocycles. The third kappa shape index (κ3) is 3.08. The molecule has 0 aliphatic heterocycles. The fourth-order valence-electron chi connectivity index (χ4n) is 1.27. The molecule has 1 aromatic rings. The molecule has 6 heteroatoms. The van der Waals surface area contributed by atoms with Gasteiger partial charge in [-0.15, -0.1) is 0 Å². The van der Waals surface area contributed by atoms with E-state index in [2.05, 4.69) is 10.3 Å². The number of carbonyl (C=O) groups is 1. The lowest BCUT2D eigenvalue weighted by molar-refractivity contribution is 0.127. The number of hydrogen-bond donors (Lipinski definition) is 3. The van der Waals surface area contributed by atoms with Gasteiger partial charge in [-0.25, -0.2) is 9.78 Å². The van der Waals surface area contributed by atoms with E-state index < -0.39 is 12.2 Å². The Kier molecular flexibility index (Phi) is 4.09. The summed E-state index contributed by atoms with van der Waals surface area (Å²) in [4.78, 5) is 14.3. The lowest BCUT2D eigenvalue weighted by atomic mass is 9.99. The first-order valence-electron chi connectivity index (χ1n) is 4.75. The van der Waals surface area contributed by atoms with Gasteiger partial charge in [0.15, 0.2) is 0 Å². The van der Waals surface area contributed by atoms with Gasteiger partial charge in [-0.05, 0) is 12.0 Å². The summed E-state index contributed by atoms with van der Waals surface area (Å²) in [6.07, 6.45) is -0.708. The second-order valence-corrected chi connectivity index (χ2v) is 4.10. The molecule has 1 amide bonds. The van der Waals surface area contributed by atoms with Crippen molar-refractivity contribution in [1.82, 2.24) is 4.98 Å². The molecule has 1 heterocycles. The van der Waals surface area contributed by atoms with Crippen molar-refractivity contribution in [2.24, 2.45) is 5.92 Å². The van der Waals surface area contributed by atoms with Crippen LogP contribution in [0.15, 0.2) is 12.3 Å². The van der Waals surface area contributed by atoms with Gasteiger partial charge < -0.3 is 10.2 Å².